The largest absolute Gasteiger partial charge is 0.388 e. The molecule has 0 spiro atoms. The van der Waals surface area contributed by atoms with Crippen molar-refractivity contribution < 1.29 is 19.1 Å². The molecule has 0 aliphatic carbocycles. The van der Waals surface area contributed by atoms with E-state index in [0.717, 1.165) is 18.4 Å². The maximum Gasteiger partial charge on any atom is 0.223 e. The van der Waals surface area contributed by atoms with Gasteiger partial charge < -0.3 is 10.0 Å². The van der Waals surface area contributed by atoms with Crippen molar-refractivity contribution >= 4 is 11.7 Å². The highest BCUT2D eigenvalue weighted by Crippen LogP contribution is 2.30. The Bertz CT molecular complexity index is 768. The fourth-order valence-electron chi connectivity index (χ4n) is 3.55. The molecule has 4 nitrogen and oxygen atoms in total. The van der Waals surface area contributed by atoms with Crippen LogP contribution in [-0.2, 0) is 4.79 Å². The summed E-state index contributed by atoms with van der Waals surface area (Å²) in [4.78, 5) is 26.3. The number of nitrogens with zero attached hydrogens (tertiary/aromatic N) is 1. The van der Waals surface area contributed by atoms with E-state index in [2.05, 4.69) is 0 Å². The smallest absolute Gasteiger partial charge is 0.223 e. The minimum atomic E-state index is -0.511. The Labute approximate surface area is 158 Å². The minimum Gasteiger partial charge on any atom is -0.388 e. The first-order chi connectivity index (χ1) is 13.0. The monoisotopic (exact) mass is 369 g/mol. The van der Waals surface area contributed by atoms with Crippen molar-refractivity contribution in [2.24, 2.45) is 5.92 Å². The Morgan fingerprint density at radius 2 is 1.63 bits per heavy atom. The molecule has 27 heavy (non-hydrogen) atoms. The van der Waals surface area contributed by atoms with Gasteiger partial charge in [0.15, 0.2) is 5.78 Å². The van der Waals surface area contributed by atoms with Gasteiger partial charge in [0.05, 0.1) is 6.10 Å². The zero-order chi connectivity index (χ0) is 19.2. The lowest BCUT2D eigenvalue weighted by molar-refractivity contribution is -0.133. The molecule has 1 atom stereocenters. The minimum absolute atomic E-state index is 0.0434. The molecular formula is C22H24FNO3. The summed E-state index contributed by atoms with van der Waals surface area (Å²) in [5.41, 5.74) is 1.33. The first-order valence-corrected chi connectivity index (χ1v) is 9.34. The lowest BCUT2D eigenvalue weighted by Gasteiger charge is -2.34. The second-order valence-corrected chi connectivity index (χ2v) is 7.00. The average molecular weight is 369 g/mol. The summed E-state index contributed by atoms with van der Waals surface area (Å²) in [6, 6.07) is 15.0. The summed E-state index contributed by atoms with van der Waals surface area (Å²) in [5.74, 6) is -0.448. The number of piperidine rings is 1. The van der Waals surface area contributed by atoms with E-state index in [4.69, 9.17) is 0 Å². The van der Waals surface area contributed by atoms with E-state index < -0.39 is 6.10 Å². The Balaban J connectivity index is 1.46. The molecule has 5 heteroatoms. The molecular weight excluding hydrogens is 345 g/mol. The van der Waals surface area contributed by atoms with Crippen LogP contribution in [0.25, 0.3) is 0 Å². The molecule has 2 aromatic carbocycles. The summed E-state index contributed by atoms with van der Waals surface area (Å²) in [5, 5.41) is 10.5. The molecule has 1 unspecified atom stereocenters. The van der Waals surface area contributed by atoms with Gasteiger partial charge >= 0.3 is 0 Å². The number of hydrogen-bond donors (Lipinski definition) is 1. The molecule has 1 N–H and O–H groups in total. The normalized spacial score (nSPS) is 16.1. The number of rotatable bonds is 6. The Kier molecular flexibility index (Phi) is 6.35. The van der Waals surface area contributed by atoms with Crippen LogP contribution in [0.1, 0.15) is 47.7 Å². The van der Waals surface area contributed by atoms with Crippen LogP contribution in [-0.4, -0.2) is 34.8 Å². The Hall–Kier alpha value is -2.53. The van der Waals surface area contributed by atoms with E-state index in [-0.39, 0.29) is 36.3 Å². The number of carbonyl (C=O) groups is 2. The number of aliphatic hydroxyl groups is 1. The highest BCUT2D eigenvalue weighted by Gasteiger charge is 2.28. The summed E-state index contributed by atoms with van der Waals surface area (Å²) in [6.07, 6.45) is 1.25. The summed E-state index contributed by atoms with van der Waals surface area (Å²) in [6.45, 7) is 1.19. The predicted molar refractivity (Wildman–Crippen MR) is 101 cm³/mol. The third-order valence-corrected chi connectivity index (χ3v) is 5.21. The van der Waals surface area contributed by atoms with Gasteiger partial charge in [-0.3, -0.25) is 9.59 Å². The molecule has 0 aromatic heterocycles. The van der Waals surface area contributed by atoms with E-state index in [1.807, 2.05) is 30.3 Å². The average Bonchev–Trinajstić information content (AvgIpc) is 2.72. The molecule has 1 aliphatic rings. The van der Waals surface area contributed by atoms with E-state index in [1.165, 1.54) is 24.3 Å². The standard InChI is InChI=1S/C22H24FNO3/c23-19-8-6-16(7-9-19)20(25)10-11-21(26)24-14-12-18(13-15-24)22(27)17-4-2-1-3-5-17/h1-9,18,22,27H,10-15H2. The molecule has 2 aromatic rings. The van der Waals surface area contributed by atoms with E-state index in [1.54, 1.807) is 4.90 Å². The molecule has 0 radical (unpaired) electrons. The van der Waals surface area contributed by atoms with Crippen molar-refractivity contribution in [2.45, 2.75) is 31.8 Å². The molecule has 3 rings (SSSR count). The molecule has 1 aliphatic heterocycles. The van der Waals surface area contributed by atoms with Gasteiger partial charge in [0.1, 0.15) is 5.82 Å². The maximum absolute atomic E-state index is 12.9. The number of Topliss-reactive ketones (excluding diaryl/α,β-unsaturated/α-hetero) is 1. The second-order valence-electron chi connectivity index (χ2n) is 7.00. The van der Waals surface area contributed by atoms with Crippen LogP contribution in [0.5, 0.6) is 0 Å². The number of aliphatic hydroxyl groups excluding tert-OH is 1. The lowest BCUT2D eigenvalue weighted by atomic mass is 9.87. The van der Waals surface area contributed by atoms with Gasteiger partial charge in [0, 0.05) is 31.5 Å². The van der Waals surface area contributed by atoms with Crippen LogP contribution in [0.2, 0.25) is 0 Å². The number of hydrogen-bond acceptors (Lipinski definition) is 3. The van der Waals surface area contributed by atoms with E-state index in [0.29, 0.717) is 18.7 Å². The lowest BCUT2D eigenvalue weighted by Crippen LogP contribution is -2.39. The maximum atomic E-state index is 12.9. The van der Waals surface area contributed by atoms with Crippen molar-refractivity contribution in [3.63, 3.8) is 0 Å². The fraction of sp³-hybridized carbons (Fsp3) is 0.364. The quantitative estimate of drug-likeness (QED) is 0.789. The van der Waals surface area contributed by atoms with Gasteiger partial charge in [-0.2, -0.15) is 0 Å². The van der Waals surface area contributed by atoms with Gasteiger partial charge in [-0.05, 0) is 48.6 Å². The van der Waals surface area contributed by atoms with Crippen LogP contribution in [0, 0.1) is 11.7 Å². The van der Waals surface area contributed by atoms with Crippen molar-refractivity contribution in [1.82, 2.24) is 4.90 Å². The SMILES string of the molecule is O=C(CCC(=O)N1CCC(C(O)c2ccccc2)CC1)c1ccc(F)cc1. The number of benzene rings is 2. The van der Waals surface area contributed by atoms with Crippen LogP contribution in [0.4, 0.5) is 4.39 Å². The third-order valence-electron chi connectivity index (χ3n) is 5.21. The van der Waals surface area contributed by atoms with Crippen molar-refractivity contribution in [1.29, 1.82) is 0 Å². The molecule has 142 valence electrons. The zero-order valence-corrected chi connectivity index (χ0v) is 15.2. The van der Waals surface area contributed by atoms with Gasteiger partial charge in [-0.1, -0.05) is 30.3 Å². The predicted octanol–water partition coefficient (Wildman–Crippen LogP) is 3.76. The molecule has 1 amide bonds. The van der Waals surface area contributed by atoms with Crippen molar-refractivity contribution in [3.05, 3.63) is 71.5 Å². The number of likely N-dealkylation sites (tertiary alicyclic amines) is 1. The molecule has 1 fully saturated rings. The van der Waals surface area contributed by atoms with Crippen LogP contribution < -0.4 is 0 Å². The fourth-order valence-corrected chi connectivity index (χ4v) is 3.55. The van der Waals surface area contributed by atoms with Crippen LogP contribution in [0.3, 0.4) is 0 Å². The summed E-state index contributed by atoms with van der Waals surface area (Å²) >= 11 is 0. The van der Waals surface area contributed by atoms with Crippen LogP contribution in [0.15, 0.2) is 54.6 Å². The first-order valence-electron chi connectivity index (χ1n) is 9.34. The number of ketones is 1. The number of amides is 1. The summed E-state index contributed by atoms with van der Waals surface area (Å²) in [7, 11) is 0. The Morgan fingerprint density at radius 3 is 2.26 bits per heavy atom. The molecule has 0 bridgehead atoms. The highest BCUT2D eigenvalue weighted by molar-refractivity contribution is 5.97. The van der Waals surface area contributed by atoms with Gasteiger partial charge in [-0.15, -0.1) is 0 Å². The van der Waals surface area contributed by atoms with Gasteiger partial charge in [0.25, 0.3) is 0 Å². The van der Waals surface area contributed by atoms with E-state index in [9.17, 15) is 19.1 Å². The van der Waals surface area contributed by atoms with Crippen molar-refractivity contribution in [2.75, 3.05) is 13.1 Å². The molecule has 0 saturated carbocycles. The molecule has 1 heterocycles. The third kappa shape index (κ3) is 5.01. The number of halogens is 1. The highest BCUT2D eigenvalue weighted by atomic mass is 19.1. The second kappa shape index (κ2) is 8.91. The van der Waals surface area contributed by atoms with E-state index >= 15 is 0 Å². The zero-order valence-electron chi connectivity index (χ0n) is 15.2. The Morgan fingerprint density at radius 1 is 1.00 bits per heavy atom. The topological polar surface area (TPSA) is 57.6 Å². The first kappa shape index (κ1) is 19.2. The van der Waals surface area contributed by atoms with Crippen LogP contribution >= 0.6 is 0 Å². The molecule has 1 saturated heterocycles. The van der Waals surface area contributed by atoms with Crippen molar-refractivity contribution in [3.8, 4) is 0 Å². The van der Waals surface area contributed by atoms with Gasteiger partial charge in [-0.25, -0.2) is 4.39 Å². The summed E-state index contributed by atoms with van der Waals surface area (Å²) < 4.78 is 12.9. The number of carbonyl (C=O) groups excluding carboxylic acids is 2. The van der Waals surface area contributed by atoms with Gasteiger partial charge in [0.2, 0.25) is 5.91 Å².